The van der Waals surface area contributed by atoms with Crippen LogP contribution in [0.5, 0.6) is 0 Å². The Balaban J connectivity index is 2.64. The van der Waals surface area contributed by atoms with Crippen molar-refractivity contribution < 1.29 is 5.11 Å². The lowest BCUT2D eigenvalue weighted by atomic mass is 10.1. The summed E-state index contributed by atoms with van der Waals surface area (Å²) in [4.78, 5) is 0. The van der Waals surface area contributed by atoms with E-state index in [2.05, 4.69) is 32.9 Å². The van der Waals surface area contributed by atoms with Crippen LogP contribution >= 0.6 is 0 Å². The highest BCUT2D eigenvalue weighted by Gasteiger charge is 2.22. The van der Waals surface area contributed by atoms with Crippen LogP contribution in [-0.2, 0) is 0 Å². The van der Waals surface area contributed by atoms with Crippen LogP contribution in [0.15, 0.2) is 23.3 Å². The van der Waals surface area contributed by atoms with E-state index in [1.165, 1.54) is 17.6 Å². The molecule has 1 fully saturated rings. The summed E-state index contributed by atoms with van der Waals surface area (Å²) in [6, 6.07) is 0. The van der Waals surface area contributed by atoms with Crippen molar-refractivity contribution in [1.82, 2.24) is 0 Å². The molecule has 0 aromatic heterocycles. The highest BCUT2D eigenvalue weighted by atomic mass is 16.3. The Kier molecular flexibility index (Phi) is 4.40. The molecule has 1 rings (SSSR count). The fourth-order valence-electron chi connectivity index (χ4n) is 1.95. The number of hydrogen-bond acceptors (Lipinski definition) is 1. The molecule has 0 spiro atoms. The molecule has 14 heavy (non-hydrogen) atoms. The molecule has 1 N–H and O–H groups in total. The van der Waals surface area contributed by atoms with E-state index in [1.807, 2.05) is 0 Å². The first-order chi connectivity index (χ1) is 6.65. The number of unbranched alkanes of at least 4 members (excludes halogenated alkanes) is 1. The summed E-state index contributed by atoms with van der Waals surface area (Å²) in [5.74, 6) is 0.546. The fourth-order valence-corrected chi connectivity index (χ4v) is 1.95. The second-order valence-electron chi connectivity index (χ2n) is 4.46. The van der Waals surface area contributed by atoms with Gasteiger partial charge in [-0.05, 0) is 36.3 Å². The first kappa shape index (κ1) is 11.5. The van der Waals surface area contributed by atoms with E-state index in [9.17, 15) is 5.11 Å². The predicted molar refractivity (Wildman–Crippen MR) is 61.2 cm³/mol. The molecular weight excluding hydrogens is 172 g/mol. The van der Waals surface area contributed by atoms with Crippen molar-refractivity contribution in [3.63, 3.8) is 0 Å². The minimum absolute atomic E-state index is 0.274. The fraction of sp³-hybridized carbons (Fsp3) is 0.692. The molecule has 80 valence electrons. The van der Waals surface area contributed by atoms with Gasteiger partial charge >= 0.3 is 0 Å². The topological polar surface area (TPSA) is 20.2 Å². The molecule has 1 saturated carbocycles. The molecule has 0 radical (unpaired) electrons. The maximum atomic E-state index is 9.99. The Morgan fingerprint density at radius 1 is 1.36 bits per heavy atom. The highest BCUT2D eigenvalue weighted by molar-refractivity contribution is 5.30. The molecule has 1 aliphatic carbocycles. The van der Waals surface area contributed by atoms with E-state index in [4.69, 9.17) is 0 Å². The zero-order chi connectivity index (χ0) is 10.6. The van der Waals surface area contributed by atoms with Crippen LogP contribution < -0.4 is 0 Å². The van der Waals surface area contributed by atoms with E-state index in [0.29, 0.717) is 5.92 Å². The Hall–Kier alpha value is -0.560. The highest BCUT2D eigenvalue weighted by Crippen LogP contribution is 2.31. The lowest BCUT2D eigenvalue weighted by Crippen LogP contribution is -2.06. The van der Waals surface area contributed by atoms with Crippen molar-refractivity contribution in [3.05, 3.63) is 23.3 Å². The Labute approximate surface area is 87.5 Å². The van der Waals surface area contributed by atoms with Crippen LogP contribution in [-0.4, -0.2) is 11.2 Å². The van der Waals surface area contributed by atoms with Crippen LogP contribution in [0.3, 0.4) is 0 Å². The standard InChI is InChI=1S/C13H22O/c1-4-5-6-11-7-8-12(13(11)14)9-10(2)3/h6,9-10,13-14H,4-5,7-8H2,1-3H3. The molecule has 1 nitrogen and oxygen atoms in total. The van der Waals surface area contributed by atoms with Crippen molar-refractivity contribution in [1.29, 1.82) is 0 Å². The minimum atomic E-state index is -0.274. The van der Waals surface area contributed by atoms with Gasteiger partial charge in [-0.1, -0.05) is 39.3 Å². The Bertz CT molecular complexity index is 236. The molecule has 0 bridgehead atoms. The Morgan fingerprint density at radius 3 is 2.57 bits per heavy atom. The van der Waals surface area contributed by atoms with E-state index in [0.717, 1.165) is 19.3 Å². The lowest BCUT2D eigenvalue weighted by Gasteiger charge is -2.07. The molecule has 0 aromatic rings. The molecule has 1 aliphatic rings. The van der Waals surface area contributed by atoms with Gasteiger partial charge in [-0.2, -0.15) is 0 Å². The van der Waals surface area contributed by atoms with Crippen molar-refractivity contribution >= 4 is 0 Å². The molecule has 1 atom stereocenters. The van der Waals surface area contributed by atoms with Gasteiger partial charge in [0.25, 0.3) is 0 Å². The SMILES string of the molecule is CCCC=C1CCC(=CC(C)C)C1O. The van der Waals surface area contributed by atoms with Crippen LogP contribution in [0, 0.1) is 5.92 Å². The van der Waals surface area contributed by atoms with Gasteiger partial charge in [-0.15, -0.1) is 0 Å². The maximum absolute atomic E-state index is 9.99. The zero-order valence-electron chi connectivity index (χ0n) is 9.59. The number of hydrogen-bond donors (Lipinski definition) is 1. The average molecular weight is 194 g/mol. The molecule has 0 aliphatic heterocycles. The summed E-state index contributed by atoms with van der Waals surface area (Å²) in [5.41, 5.74) is 2.46. The minimum Gasteiger partial charge on any atom is -0.384 e. The van der Waals surface area contributed by atoms with Crippen LogP contribution in [0.25, 0.3) is 0 Å². The molecule has 0 amide bonds. The summed E-state index contributed by atoms with van der Waals surface area (Å²) in [7, 11) is 0. The number of allylic oxidation sites excluding steroid dienone is 2. The molecule has 0 saturated heterocycles. The van der Waals surface area contributed by atoms with Crippen molar-refractivity contribution in [2.24, 2.45) is 5.92 Å². The van der Waals surface area contributed by atoms with Gasteiger partial charge in [-0.25, -0.2) is 0 Å². The van der Waals surface area contributed by atoms with Gasteiger partial charge in [0.2, 0.25) is 0 Å². The molecule has 0 aromatic carbocycles. The summed E-state index contributed by atoms with van der Waals surface area (Å²) in [5, 5.41) is 9.99. The Morgan fingerprint density at radius 2 is 2.00 bits per heavy atom. The maximum Gasteiger partial charge on any atom is 0.0961 e. The van der Waals surface area contributed by atoms with Gasteiger partial charge in [0.05, 0.1) is 6.10 Å². The summed E-state index contributed by atoms with van der Waals surface area (Å²) in [6.45, 7) is 6.49. The third-order valence-electron chi connectivity index (χ3n) is 2.65. The van der Waals surface area contributed by atoms with E-state index >= 15 is 0 Å². The van der Waals surface area contributed by atoms with Gasteiger partial charge in [0.15, 0.2) is 0 Å². The lowest BCUT2D eigenvalue weighted by molar-refractivity contribution is 0.254. The monoisotopic (exact) mass is 194 g/mol. The second-order valence-corrected chi connectivity index (χ2v) is 4.46. The average Bonchev–Trinajstić information content (AvgIpc) is 2.45. The van der Waals surface area contributed by atoms with Gasteiger partial charge in [0, 0.05) is 0 Å². The summed E-state index contributed by atoms with van der Waals surface area (Å²) in [6.07, 6.45) is 8.52. The van der Waals surface area contributed by atoms with Gasteiger partial charge in [0.1, 0.15) is 0 Å². The molecule has 0 heterocycles. The number of aliphatic hydroxyl groups excluding tert-OH is 1. The quantitative estimate of drug-likeness (QED) is 0.682. The van der Waals surface area contributed by atoms with Crippen molar-refractivity contribution in [2.45, 2.75) is 52.6 Å². The van der Waals surface area contributed by atoms with Crippen molar-refractivity contribution in [2.75, 3.05) is 0 Å². The van der Waals surface area contributed by atoms with Crippen molar-refractivity contribution in [3.8, 4) is 0 Å². The molecule has 1 unspecified atom stereocenters. The van der Waals surface area contributed by atoms with Gasteiger partial charge in [-0.3, -0.25) is 0 Å². The van der Waals surface area contributed by atoms with E-state index in [1.54, 1.807) is 0 Å². The van der Waals surface area contributed by atoms with Crippen LogP contribution in [0.4, 0.5) is 0 Å². The third kappa shape index (κ3) is 2.98. The van der Waals surface area contributed by atoms with Crippen LogP contribution in [0.1, 0.15) is 46.5 Å². The smallest absolute Gasteiger partial charge is 0.0961 e. The number of aliphatic hydroxyl groups is 1. The van der Waals surface area contributed by atoms with Gasteiger partial charge < -0.3 is 5.11 Å². The largest absolute Gasteiger partial charge is 0.384 e. The summed E-state index contributed by atoms with van der Waals surface area (Å²) >= 11 is 0. The zero-order valence-corrected chi connectivity index (χ0v) is 9.59. The van der Waals surface area contributed by atoms with E-state index in [-0.39, 0.29) is 6.10 Å². The van der Waals surface area contributed by atoms with E-state index < -0.39 is 0 Å². The number of rotatable bonds is 3. The third-order valence-corrected chi connectivity index (χ3v) is 2.65. The molecular formula is C13H22O. The summed E-state index contributed by atoms with van der Waals surface area (Å²) < 4.78 is 0. The molecule has 1 heteroatoms. The normalized spacial score (nSPS) is 28.2. The predicted octanol–water partition coefficient (Wildman–Crippen LogP) is 3.45. The first-order valence-corrected chi connectivity index (χ1v) is 5.72. The second kappa shape index (κ2) is 5.35. The first-order valence-electron chi connectivity index (χ1n) is 5.72. The van der Waals surface area contributed by atoms with Crippen LogP contribution in [0.2, 0.25) is 0 Å².